The Bertz CT molecular complexity index is 1170. The molecular weight excluding hydrogens is 384 g/mol. The van der Waals surface area contributed by atoms with Crippen molar-refractivity contribution in [3.05, 3.63) is 57.3 Å². The van der Waals surface area contributed by atoms with Crippen LogP contribution >= 0.6 is 11.3 Å². The third-order valence-corrected chi connectivity index (χ3v) is 6.41. The van der Waals surface area contributed by atoms with Crippen LogP contribution in [0.2, 0.25) is 0 Å². The maximum absolute atomic E-state index is 13.2. The van der Waals surface area contributed by atoms with Gasteiger partial charge in [-0.1, -0.05) is 12.7 Å². The zero-order valence-electron chi connectivity index (χ0n) is 16.5. The Morgan fingerprint density at radius 2 is 2.17 bits per heavy atom. The van der Waals surface area contributed by atoms with Gasteiger partial charge in [-0.25, -0.2) is 4.98 Å². The number of fused-ring (bicyclic) bond motifs is 3. The lowest BCUT2D eigenvalue weighted by atomic mass is 10.1. The molecule has 0 radical (unpaired) electrons. The van der Waals surface area contributed by atoms with Gasteiger partial charge in [0.15, 0.2) is 0 Å². The van der Waals surface area contributed by atoms with Gasteiger partial charge >= 0.3 is 0 Å². The van der Waals surface area contributed by atoms with Gasteiger partial charge in [0.2, 0.25) is 5.43 Å². The molecule has 3 aromatic rings. The van der Waals surface area contributed by atoms with Crippen LogP contribution in [0.5, 0.6) is 0 Å². The Morgan fingerprint density at radius 1 is 1.38 bits per heavy atom. The number of nitrogens with one attached hydrogen (secondary N) is 1. The molecule has 7 heteroatoms. The minimum Gasteiger partial charge on any atom is -0.351 e. The van der Waals surface area contributed by atoms with Crippen LogP contribution in [-0.2, 0) is 0 Å². The molecule has 0 aromatic carbocycles. The molecule has 4 rings (SSSR count). The highest BCUT2D eigenvalue weighted by Crippen LogP contribution is 2.30. The first-order valence-corrected chi connectivity index (χ1v) is 10.7. The highest BCUT2D eigenvalue weighted by Gasteiger charge is 2.23. The van der Waals surface area contributed by atoms with Crippen molar-refractivity contribution >= 4 is 45.3 Å². The number of thiazole rings is 1. The lowest BCUT2D eigenvalue weighted by molar-refractivity contribution is 0.0950. The summed E-state index contributed by atoms with van der Waals surface area (Å²) in [4.78, 5) is 34.5. The quantitative estimate of drug-likeness (QED) is 0.679. The topological polar surface area (TPSA) is 66.7 Å². The number of rotatable bonds is 6. The van der Waals surface area contributed by atoms with Gasteiger partial charge in [-0.2, -0.15) is 0 Å². The molecule has 1 aliphatic heterocycles. The molecule has 0 spiro atoms. The number of nitrogens with zero attached hydrogens (tertiary/aromatic N) is 3. The summed E-state index contributed by atoms with van der Waals surface area (Å²) in [5.41, 5.74) is 1.32. The number of hydrogen-bond acceptors (Lipinski definition) is 5. The first kappa shape index (κ1) is 19.5. The maximum Gasteiger partial charge on any atom is 0.258 e. The van der Waals surface area contributed by atoms with Gasteiger partial charge in [0.05, 0.1) is 16.0 Å². The molecule has 1 fully saturated rings. The van der Waals surface area contributed by atoms with Crippen LogP contribution in [0.15, 0.2) is 35.8 Å². The summed E-state index contributed by atoms with van der Waals surface area (Å²) in [6.45, 7) is 9.31. The van der Waals surface area contributed by atoms with E-state index in [4.69, 9.17) is 0 Å². The molecule has 1 aliphatic rings. The Morgan fingerprint density at radius 3 is 2.90 bits per heavy atom. The second kappa shape index (κ2) is 8.31. The fourth-order valence-electron chi connectivity index (χ4n) is 3.86. The summed E-state index contributed by atoms with van der Waals surface area (Å²) in [6.07, 6.45) is 9.71. The summed E-state index contributed by atoms with van der Waals surface area (Å²) in [5.74, 6) is -0.332. The maximum atomic E-state index is 13.2. The van der Waals surface area contributed by atoms with E-state index in [2.05, 4.69) is 21.8 Å². The van der Waals surface area contributed by atoms with Crippen LogP contribution in [0.25, 0.3) is 28.0 Å². The van der Waals surface area contributed by atoms with Crippen LogP contribution < -0.4 is 10.7 Å². The van der Waals surface area contributed by atoms with Crippen LogP contribution in [0.1, 0.15) is 40.7 Å². The SMILES string of the molecule is C=Cc1sc2c(C(=O)NCCN3CCCC3)c(=O)c3cccnc3n2c1/C=C\C. The number of allylic oxidation sites excluding steroid dienone is 1. The number of carbonyl (C=O) groups excluding carboxylic acids is 1. The lowest BCUT2D eigenvalue weighted by Crippen LogP contribution is -2.35. The number of carbonyl (C=O) groups is 1. The predicted octanol–water partition coefficient (Wildman–Crippen LogP) is 3.41. The molecule has 4 heterocycles. The van der Waals surface area contributed by atoms with Crippen LogP contribution in [-0.4, -0.2) is 46.4 Å². The highest BCUT2D eigenvalue weighted by atomic mass is 32.1. The largest absolute Gasteiger partial charge is 0.351 e. The fourth-order valence-corrected chi connectivity index (χ4v) is 4.98. The smallest absolute Gasteiger partial charge is 0.258 e. The van der Waals surface area contributed by atoms with E-state index in [1.807, 2.05) is 23.5 Å². The Hall–Kier alpha value is -2.77. The van der Waals surface area contributed by atoms with Gasteiger partial charge in [0, 0.05) is 19.3 Å². The molecule has 0 aliphatic carbocycles. The first-order chi connectivity index (χ1) is 14.2. The molecule has 1 N–H and O–H groups in total. The summed E-state index contributed by atoms with van der Waals surface area (Å²) >= 11 is 1.39. The van der Waals surface area contributed by atoms with Gasteiger partial charge in [-0.05, 0) is 57.1 Å². The van der Waals surface area contributed by atoms with E-state index >= 15 is 0 Å². The predicted molar refractivity (Wildman–Crippen MR) is 120 cm³/mol. The van der Waals surface area contributed by atoms with E-state index in [-0.39, 0.29) is 16.9 Å². The molecule has 1 amide bonds. The number of hydrogen-bond donors (Lipinski definition) is 1. The molecule has 29 heavy (non-hydrogen) atoms. The van der Waals surface area contributed by atoms with E-state index in [1.165, 1.54) is 24.2 Å². The molecule has 6 nitrogen and oxygen atoms in total. The summed E-state index contributed by atoms with van der Waals surface area (Å²) in [6, 6.07) is 3.45. The molecule has 0 unspecified atom stereocenters. The van der Waals surface area contributed by atoms with E-state index in [0.717, 1.165) is 30.2 Å². The Labute approximate surface area is 173 Å². The number of aromatic nitrogens is 2. The van der Waals surface area contributed by atoms with E-state index in [0.29, 0.717) is 22.4 Å². The van der Waals surface area contributed by atoms with Crippen molar-refractivity contribution in [2.75, 3.05) is 26.2 Å². The van der Waals surface area contributed by atoms with E-state index in [9.17, 15) is 9.59 Å². The van der Waals surface area contributed by atoms with Gasteiger partial charge in [-0.3, -0.25) is 14.0 Å². The second-order valence-electron chi connectivity index (χ2n) is 7.08. The van der Waals surface area contributed by atoms with Crippen molar-refractivity contribution in [2.45, 2.75) is 19.8 Å². The summed E-state index contributed by atoms with van der Waals surface area (Å²) in [7, 11) is 0. The minimum absolute atomic E-state index is 0.177. The summed E-state index contributed by atoms with van der Waals surface area (Å²) < 4.78 is 1.90. The van der Waals surface area contributed by atoms with Gasteiger partial charge in [-0.15, -0.1) is 11.3 Å². The standard InChI is InChI=1S/C22H24N4O2S/c1-3-8-16-17(4-2)29-22-18(21(28)24-11-14-25-12-5-6-13-25)19(27)15-9-7-10-23-20(15)26(16)22/h3-4,7-10H,2,5-6,11-14H2,1H3,(H,24,28)/b8-3-. The van der Waals surface area contributed by atoms with Gasteiger partial charge in [0.1, 0.15) is 16.0 Å². The average molecular weight is 409 g/mol. The zero-order valence-corrected chi connectivity index (χ0v) is 17.3. The molecular formula is C22H24N4O2S. The Balaban J connectivity index is 1.83. The van der Waals surface area contributed by atoms with Crippen molar-refractivity contribution in [3.63, 3.8) is 0 Å². The van der Waals surface area contributed by atoms with Gasteiger partial charge < -0.3 is 10.2 Å². The lowest BCUT2D eigenvalue weighted by Gasteiger charge is -2.15. The monoisotopic (exact) mass is 408 g/mol. The van der Waals surface area contributed by atoms with Gasteiger partial charge in [0.25, 0.3) is 5.91 Å². The molecule has 150 valence electrons. The number of amides is 1. The van der Waals surface area contributed by atoms with Crippen LogP contribution in [0.3, 0.4) is 0 Å². The Kier molecular flexibility index (Phi) is 5.60. The van der Waals surface area contributed by atoms with E-state index < -0.39 is 0 Å². The number of pyridine rings is 2. The third kappa shape index (κ3) is 3.52. The number of likely N-dealkylation sites (tertiary alicyclic amines) is 1. The van der Waals surface area contributed by atoms with Crippen LogP contribution in [0.4, 0.5) is 0 Å². The van der Waals surface area contributed by atoms with Crippen molar-refractivity contribution in [1.82, 2.24) is 19.6 Å². The summed E-state index contributed by atoms with van der Waals surface area (Å²) in [5, 5.41) is 3.39. The molecule has 3 aromatic heterocycles. The molecule has 1 saturated heterocycles. The fraction of sp³-hybridized carbons (Fsp3) is 0.318. The van der Waals surface area contributed by atoms with Crippen molar-refractivity contribution in [2.24, 2.45) is 0 Å². The zero-order chi connectivity index (χ0) is 20.4. The minimum atomic E-state index is -0.332. The third-order valence-electron chi connectivity index (χ3n) is 5.24. The van der Waals surface area contributed by atoms with Crippen LogP contribution in [0, 0.1) is 0 Å². The molecule has 0 saturated carbocycles. The van der Waals surface area contributed by atoms with Crippen molar-refractivity contribution in [3.8, 4) is 0 Å². The highest BCUT2D eigenvalue weighted by molar-refractivity contribution is 7.18. The average Bonchev–Trinajstić information content (AvgIpc) is 3.37. The van der Waals surface area contributed by atoms with Crippen molar-refractivity contribution in [1.29, 1.82) is 0 Å². The normalized spacial score (nSPS) is 14.9. The van der Waals surface area contributed by atoms with E-state index in [1.54, 1.807) is 24.4 Å². The second-order valence-corrected chi connectivity index (χ2v) is 8.11. The molecule has 0 atom stereocenters. The van der Waals surface area contributed by atoms with Crippen molar-refractivity contribution < 1.29 is 4.79 Å². The first-order valence-electron chi connectivity index (χ1n) is 9.87. The molecule has 0 bridgehead atoms.